The van der Waals surface area contributed by atoms with Crippen LogP contribution in [0.5, 0.6) is 0 Å². The van der Waals surface area contributed by atoms with Crippen molar-refractivity contribution >= 4 is 11.3 Å². The predicted octanol–water partition coefficient (Wildman–Crippen LogP) is 1.61. The van der Waals surface area contributed by atoms with Crippen LogP contribution < -0.4 is 5.56 Å². The Hall–Kier alpha value is -1.83. The number of rotatable bonds is 2. The van der Waals surface area contributed by atoms with Crippen molar-refractivity contribution in [1.29, 1.82) is 0 Å². The quantitative estimate of drug-likeness (QED) is 0.833. The minimum atomic E-state index is -0.134. The van der Waals surface area contributed by atoms with Crippen LogP contribution in [0.2, 0.25) is 0 Å². The maximum absolute atomic E-state index is 11.9. The van der Waals surface area contributed by atoms with Crippen LogP contribution in [-0.4, -0.2) is 16.3 Å². The Morgan fingerprint density at radius 2 is 2.22 bits per heavy atom. The molecule has 0 unspecified atom stereocenters. The lowest BCUT2D eigenvalue weighted by atomic mass is 10.3. The van der Waals surface area contributed by atoms with Crippen molar-refractivity contribution in [3.05, 3.63) is 56.1 Å². The Labute approximate surface area is 109 Å². The molecule has 0 saturated heterocycles. The molecular weight excluding hydrogens is 246 g/mol. The molecule has 1 N–H and O–H groups in total. The van der Waals surface area contributed by atoms with Crippen molar-refractivity contribution in [1.82, 2.24) is 4.57 Å². The average molecular weight is 259 g/mol. The lowest BCUT2D eigenvalue weighted by Gasteiger charge is -2.03. The van der Waals surface area contributed by atoms with Gasteiger partial charge in [0.05, 0.1) is 11.4 Å². The molecule has 0 spiro atoms. The standard InChI is InChI=1S/C14H13NO2S/c1-11-4-2-8-15(14(11)17)10-13-7-6-12(18-13)5-3-9-16/h2,4,6-8,16H,9-10H2,1H3. The van der Waals surface area contributed by atoms with Gasteiger partial charge >= 0.3 is 0 Å². The van der Waals surface area contributed by atoms with Gasteiger partial charge in [-0.25, -0.2) is 0 Å². The summed E-state index contributed by atoms with van der Waals surface area (Å²) in [6, 6.07) is 7.55. The molecule has 92 valence electrons. The summed E-state index contributed by atoms with van der Waals surface area (Å²) >= 11 is 1.54. The summed E-state index contributed by atoms with van der Waals surface area (Å²) in [5.74, 6) is 5.47. The van der Waals surface area contributed by atoms with Crippen LogP contribution in [0.4, 0.5) is 0 Å². The second-order valence-corrected chi connectivity index (χ2v) is 5.02. The van der Waals surface area contributed by atoms with Crippen LogP contribution in [-0.2, 0) is 6.54 Å². The van der Waals surface area contributed by atoms with E-state index in [0.29, 0.717) is 6.54 Å². The zero-order valence-electron chi connectivity index (χ0n) is 10.0. The Balaban J connectivity index is 2.21. The summed E-state index contributed by atoms with van der Waals surface area (Å²) in [5.41, 5.74) is 0.781. The molecule has 0 aliphatic rings. The van der Waals surface area contributed by atoms with E-state index in [4.69, 9.17) is 5.11 Å². The van der Waals surface area contributed by atoms with Crippen LogP contribution in [0.1, 0.15) is 15.3 Å². The lowest BCUT2D eigenvalue weighted by Crippen LogP contribution is -2.21. The second-order valence-electron chi connectivity index (χ2n) is 3.85. The molecule has 0 aliphatic carbocycles. The predicted molar refractivity (Wildman–Crippen MR) is 72.8 cm³/mol. The zero-order valence-corrected chi connectivity index (χ0v) is 10.8. The van der Waals surface area contributed by atoms with Gasteiger partial charge in [-0.3, -0.25) is 4.79 Å². The highest BCUT2D eigenvalue weighted by Gasteiger charge is 2.02. The van der Waals surface area contributed by atoms with E-state index in [0.717, 1.165) is 15.3 Å². The fourth-order valence-corrected chi connectivity index (χ4v) is 2.49. The topological polar surface area (TPSA) is 42.2 Å². The van der Waals surface area contributed by atoms with E-state index in [-0.39, 0.29) is 12.2 Å². The van der Waals surface area contributed by atoms with Crippen molar-refractivity contribution < 1.29 is 5.11 Å². The van der Waals surface area contributed by atoms with Gasteiger partial charge in [-0.05, 0) is 25.1 Å². The third-order valence-corrected chi connectivity index (χ3v) is 3.47. The van der Waals surface area contributed by atoms with E-state index < -0.39 is 0 Å². The summed E-state index contributed by atoms with van der Waals surface area (Å²) in [6.07, 6.45) is 1.79. The molecule has 0 bridgehead atoms. The van der Waals surface area contributed by atoms with Gasteiger partial charge in [0, 0.05) is 16.6 Å². The molecule has 0 saturated carbocycles. The summed E-state index contributed by atoms with van der Waals surface area (Å²) in [6.45, 7) is 2.24. The van der Waals surface area contributed by atoms with E-state index >= 15 is 0 Å². The highest BCUT2D eigenvalue weighted by Crippen LogP contribution is 2.16. The second kappa shape index (κ2) is 5.67. The number of pyridine rings is 1. The number of aryl methyl sites for hydroxylation is 1. The van der Waals surface area contributed by atoms with E-state index in [1.807, 2.05) is 31.2 Å². The largest absolute Gasteiger partial charge is 0.384 e. The number of nitrogens with zero attached hydrogens (tertiary/aromatic N) is 1. The van der Waals surface area contributed by atoms with Crippen molar-refractivity contribution in [3.8, 4) is 11.8 Å². The summed E-state index contributed by atoms with van der Waals surface area (Å²) in [4.78, 5) is 13.8. The number of hydrogen-bond donors (Lipinski definition) is 1. The number of aliphatic hydroxyl groups is 1. The molecule has 0 aromatic carbocycles. The van der Waals surface area contributed by atoms with E-state index in [1.54, 1.807) is 10.8 Å². The van der Waals surface area contributed by atoms with E-state index in [1.165, 1.54) is 11.3 Å². The van der Waals surface area contributed by atoms with Gasteiger partial charge in [0.2, 0.25) is 0 Å². The van der Waals surface area contributed by atoms with Gasteiger partial charge < -0.3 is 9.67 Å². The number of aliphatic hydroxyl groups excluding tert-OH is 1. The molecule has 0 amide bonds. The van der Waals surface area contributed by atoms with Crippen LogP contribution in [0, 0.1) is 18.8 Å². The minimum Gasteiger partial charge on any atom is -0.384 e. The molecule has 2 aromatic heterocycles. The lowest BCUT2D eigenvalue weighted by molar-refractivity contribution is 0.350. The van der Waals surface area contributed by atoms with Crippen LogP contribution >= 0.6 is 11.3 Å². The van der Waals surface area contributed by atoms with Gasteiger partial charge in [-0.15, -0.1) is 11.3 Å². The molecule has 3 nitrogen and oxygen atoms in total. The Kier molecular flexibility index (Phi) is 3.98. The fourth-order valence-electron chi connectivity index (χ4n) is 1.61. The van der Waals surface area contributed by atoms with Gasteiger partial charge in [-0.1, -0.05) is 17.9 Å². The SMILES string of the molecule is Cc1cccn(Cc2ccc(C#CCO)s2)c1=O. The van der Waals surface area contributed by atoms with Gasteiger partial charge in [0.25, 0.3) is 5.56 Å². The molecule has 0 atom stereocenters. The summed E-state index contributed by atoms with van der Waals surface area (Å²) in [7, 11) is 0. The molecule has 2 aromatic rings. The Bertz CT molecular complexity index is 658. The number of hydrogen-bond acceptors (Lipinski definition) is 3. The van der Waals surface area contributed by atoms with Gasteiger partial charge in [0.1, 0.15) is 6.61 Å². The molecule has 0 radical (unpaired) electrons. The molecule has 2 heterocycles. The molecule has 4 heteroatoms. The first-order valence-electron chi connectivity index (χ1n) is 5.55. The number of thiophene rings is 1. The molecule has 18 heavy (non-hydrogen) atoms. The fraction of sp³-hybridized carbons (Fsp3) is 0.214. The smallest absolute Gasteiger partial charge is 0.253 e. The normalized spacial score (nSPS) is 9.89. The maximum atomic E-state index is 11.9. The van der Waals surface area contributed by atoms with Crippen LogP contribution in [0.25, 0.3) is 0 Å². The first-order valence-corrected chi connectivity index (χ1v) is 6.37. The minimum absolute atomic E-state index is 0.0360. The maximum Gasteiger partial charge on any atom is 0.253 e. The van der Waals surface area contributed by atoms with E-state index in [9.17, 15) is 4.79 Å². The zero-order chi connectivity index (χ0) is 13.0. The number of aromatic nitrogens is 1. The highest BCUT2D eigenvalue weighted by atomic mass is 32.1. The van der Waals surface area contributed by atoms with Gasteiger partial charge in [0.15, 0.2) is 0 Å². The monoisotopic (exact) mass is 259 g/mol. The molecule has 0 aliphatic heterocycles. The van der Waals surface area contributed by atoms with Crippen molar-refractivity contribution in [3.63, 3.8) is 0 Å². The Morgan fingerprint density at radius 3 is 3.00 bits per heavy atom. The van der Waals surface area contributed by atoms with Crippen molar-refractivity contribution in [2.45, 2.75) is 13.5 Å². The molecular formula is C14H13NO2S. The highest BCUT2D eigenvalue weighted by molar-refractivity contribution is 7.12. The van der Waals surface area contributed by atoms with Crippen molar-refractivity contribution in [2.24, 2.45) is 0 Å². The average Bonchev–Trinajstić information content (AvgIpc) is 2.80. The molecule has 0 fully saturated rings. The Morgan fingerprint density at radius 1 is 1.39 bits per heavy atom. The third kappa shape index (κ3) is 2.89. The molecule has 2 rings (SSSR count). The van der Waals surface area contributed by atoms with Crippen LogP contribution in [0.3, 0.4) is 0 Å². The first kappa shape index (κ1) is 12.6. The van der Waals surface area contributed by atoms with Crippen molar-refractivity contribution in [2.75, 3.05) is 6.61 Å². The first-order chi connectivity index (χ1) is 8.70. The van der Waals surface area contributed by atoms with E-state index in [2.05, 4.69) is 11.8 Å². The summed E-state index contributed by atoms with van der Waals surface area (Å²) < 4.78 is 1.68. The van der Waals surface area contributed by atoms with Gasteiger partial charge in [-0.2, -0.15) is 0 Å². The van der Waals surface area contributed by atoms with Crippen LogP contribution in [0.15, 0.2) is 35.3 Å². The summed E-state index contributed by atoms with van der Waals surface area (Å²) in [5, 5.41) is 8.62. The third-order valence-electron chi connectivity index (χ3n) is 2.49.